The molecule has 0 radical (unpaired) electrons. The Labute approximate surface area is 175 Å². The molecule has 0 aliphatic heterocycles. The number of amides is 2. The molecule has 0 aromatic heterocycles. The summed E-state index contributed by atoms with van der Waals surface area (Å²) in [5.41, 5.74) is 1.39. The Kier molecular flexibility index (Phi) is 8.61. The van der Waals surface area contributed by atoms with E-state index < -0.39 is 6.04 Å². The molecule has 2 aromatic rings. The average Bonchev–Trinajstić information content (AvgIpc) is 2.76. The van der Waals surface area contributed by atoms with Gasteiger partial charge in [0.2, 0.25) is 11.8 Å². The Balaban J connectivity index is 2.24. The van der Waals surface area contributed by atoms with Gasteiger partial charge in [-0.2, -0.15) is 0 Å². The van der Waals surface area contributed by atoms with Crippen molar-refractivity contribution < 1.29 is 28.6 Å². The minimum atomic E-state index is -0.783. The molecule has 0 bridgehead atoms. The maximum Gasteiger partial charge on any atom is 0.242 e. The Bertz CT molecular complexity index is 857. The van der Waals surface area contributed by atoms with Crippen molar-refractivity contribution in [3.63, 3.8) is 0 Å². The van der Waals surface area contributed by atoms with Gasteiger partial charge in [0.15, 0.2) is 11.5 Å². The van der Waals surface area contributed by atoms with Gasteiger partial charge in [0, 0.05) is 13.1 Å². The van der Waals surface area contributed by atoms with E-state index in [2.05, 4.69) is 5.32 Å². The second-order valence-electron chi connectivity index (χ2n) is 6.70. The van der Waals surface area contributed by atoms with Gasteiger partial charge in [-0.1, -0.05) is 18.2 Å². The van der Waals surface area contributed by atoms with E-state index in [1.807, 2.05) is 0 Å². The Hall–Kier alpha value is -3.13. The van der Waals surface area contributed by atoms with Gasteiger partial charge in [-0.05, 0) is 42.3 Å². The highest BCUT2D eigenvalue weighted by Gasteiger charge is 2.26. The van der Waals surface area contributed by atoms with E-state index in [1.165, 1.54) is 31.3 Å². The predicted molar refractivity (Wildman–Crippen MR) is 110 cm³/mol. The highest BCUT2D eigenvalue weighted by molar-refractivity contribution is 5.88. The number of rotatable bonds is 10. The van der Waals surface area contributed by atoms with Gasteiger partial charge in [0.1, 0.15) is 11.9 Å². The molecule has 0 saturated carbocycles. The van der Waals surface area contributed by atoms with Crippen LogP contribution < -0.4 is 14.8 Å². The standard InChI is InChI=1S/C22H27FN2O5/c1-15(22(28)24-10-11-26)25(14-16-4-7-18(23)8-5-16)21(27)13-17-6-9-19(29-2)20(12-17)30-3/h4-9,12,15,26H,10-11,13-14H2,1-3H3,(H,24,28)/t15-/m1/s1. The van der Waals surface area contributed by atoms with Gasteiger partial charge in [-0.15, -0.1) is 0 Å². The summed E-state index contributed by atoms with van der Waals surface area (Å²) in [6, 6.07) is 10.2. The fraction of sp³-hybridized carbons (Fsp3) is 0.364. The molecule has 0 fully saturated rings. The summed E-state index contributed by atoms with van der Waals surface area (Å²) in [7, 11) is 3.04. The number of carbonyl (C=O) groups is 2. The molecule has 0 unspecified atom stereocenters. The maximum atomic E-state index is 13.2. The number of hydrogen-bond acceptors (Lipinski definition) is 5. The van der Waals surface area contributed by atoms with Crippen LogP contribution >= 0.6 is 0 Å². The normalized spacial score (nSPS) is 11.5. The van der Waals surface area contributed by atoms with Crippen LogP contribution in [0.3, 0.4) is 0 Å². The van der Waals surface area contributed by atoms with Crippen molar-refractivity contribution in [2.24, 2.45) is 0 Å². The Morgan fingerprint density at radius 1 is 1.07 bits per heavy atom. The number of ether oxygens (including phenoxy) is 2. The summed E-state index contributed by atoms with van der Waals surface area (Å²) in [6.07, 6.45) is 0.0408. The molecule has 0 saturated heterocycles. The van der Waals surface area contributed by atoms with Gasteiger partial charge in [0.25, 0.3) is 0 Å². The second kappa shape index (κ2) is 11.2. The number of halogens is 1. The van der Waals surface area contributed by atoms with E-state index in [0.29, 0.717) is 22.6 Å². The summed E-state index contributed by atoms with van der Waals surface area (Å²) in [4.78, 5) is 27.0. The number of carbonyl (C=O) groups excluding carboxylic acids is 2. The summed E-state index contributed by atoms with van der Waals surface area (Å²) in [6.45, 7) is 1.65. The first-order chi connectivity index (χ1) is 14.4. The van der Waals surface area contributed by atoms with E-state index in [1.54, 1.807) is 37.3 Å². The summed E-state index contributed by atoms with van der Waals surface area (Å²) < 4.78 is 23.7. The molecule has 8 heteroatoms. The number of nitrogens with zero attached hydrogens (tertiary/aromatic N) is 1. The predicted octanol–water partition coefficient (Wildman–Crippen LogP) is 1.91. The van der Waals surface area contributed by atoms with Crippen LogP contribution in [-0.2, 0) is 22.6 Å². The zero-order chi connectivity index (χ0) is 22.1. The lowest BCUT2D eigenvalue weighted by atomic mass is 10.1. The Morgan fingerprint density at radius 3 is 2.30 bits per heavy atom. The van der Waals surface area contributed by atoms with Crippen molar-refractivity contribution in [1.29, 1.82) is 0 Å². The number of benzene rings is 2. The number of nitrogens with one attached hydrogen (secondary N) is 1. The first kappa shape index (κ1) is 23.2. The van der Waals surface area contributed by atoms with Crippen LogP contribution in [0, 0.1) is 5.82 Å². The SMILES string of the molecule is COc1ccc(CC(=O)N(Cc2ccc(F)cc2)[C@H](C)C(=O)NCCO)cc1OC. The van der Waals surface area contributed by atoms with Crippen molar-refractivity contribution >= 4 is 11.8 Å². The van der Waals surface area contributed by atoms with Crippen molar-refractivity contribution in [3.05, 3.63) is 59.4 Å². The molecule has 162 valence electrons. The first-order valence-electron chi connectivity index (χ1n) is 9.53. The van der Waals surface area contributed by atoms with Crippen LogP contribution in [0.2, 0.25) is 0 Å². The number of hydrogen-bond donors (Lipinski definition) is 2. The van der Waals surface area contributed by atoms with E-state index in [0.717, 1.165) is 0 Å². The lowest BCUT2D eigenvalue weighted by Crippen LogP contribution is -2.48. The van der Waals surface area contributed by atoms with E-state index >= 15 is 0 Å². The van der Waals surface area contributed by atoms with Crippen molar-refractivity contribution in [1.82, 2.24) is 10.2 Å². The number of aliphatic hydroxyl groups is 1. The fourth-order valence-electron chi connectivity index (χ4n) is 2.96. The third-order valence-electron chi connectivity index (χ3n) is 4.65. The number of aliphatic hydroxyl groups excluding tert-OH is 1. The van der Waals surface area contributed by atoms with Gasteiger partial charge in [-0.3, -0.25) is 9.59 Å². The van der Waals surface area contributed by atoms with Crippen LogP contribution in [0.1, 0.15) is 18.1 Å². The first-order valence-corrected chi connectivity index (χ1v) is 9.53. The van der Waals surface area contributed by atoms with Crippen LogP contribution in [0.25, 0.3) is 0 Å². The Morgan fingerprint density at radius 2 is 1.70 bits per heavy atom. The molecule has 0 aliphatic rings. The smallest absolute Gasteiger partial charge is 0.242 e. The van der Waals surface area contributed by atoms with E-state index in [4.69, 9.17) is 14.6 Å². The molecule has 0 aliphatic carbocycles. The topological polar surface area (TPSA) is 88.1 Å². The molecule has 1 atom stereocenters. The summed E-state index contributed by atoms with van der Waals surface area (Å²) >= 11 is 0. The largest absolute Gasteiger partial charge is 0.493 e. The van der Waals surface area contributed by atoms with Crippen LogP contribution in [0.5, 0.6) is 11.5 Å². The molecular weight excluding hydrogens is 391 g/mol. The zero-order valence-corrected chi connectivity index (χ0v) is 17.4. The van der Waals surface area contributed by atoms with Crippen LogP contribution in [0.4, 0.5) is 4.39 Å². The minimum absolute atomic E-state index is 0.0408. The molecule has 0 spiro atoms. The second-order valence-corrected chi connectivity index (χ2v) is 6.70. The van der Waals surface area contributed by atoms with E-state index in [-0.39, 0.29) is 43.7 Å². The summed E-state index contributed by atoms with van der Waals surface area (Å²) in [5, 5.41) is 11.5. The van der Waals surface area contributed by atoms with Crippen molar-refractivity contribution in [2.45, 2.75) is 25.9 Å². The molecule has 2 N–H and O–H groups in total. The third kappa shape index (κ3) is 6.18. The van der Waals surface area contributed by atoms with Crippen LogP contribution in [-0.4, -0.2) is 55.2 Å². The minimum Gasteiger partial charge on any atom is -0.493 e. The number of methoxy groups -OCH3 is 2. The van der Waals surface area contributed by atoms with Gasteiger partial charge >= 0.3 is 0 Å². The molecule has 2 aromatic carbocycles. The van der Waals surface area contributed by atoms with Gasteiger partial charge in [-0.25, -0.2) is 4.39 Å². The molecular formula is C22H27FN2O5. The molecule has 7 nitrogen and oxygen atoms in total. The monoisotopic (exact) mass is 418 g/mol. The zero-order valence-electron chi connectivity index (χ0n) is 17.4. The highest BCUT2D eigenvalue weighted by Crippen LogP contribution is 2.28. The van der Waals surface area contributed by atoms with Crippen molar-refractivity contribution in [3.8, 4) is 11.5 Å². The average molecular weight is 418 g/mol. The maximum absolute atomic E-state index is 13.2. The molecule has 30 heavy (non-hydrogen) atoms. The lowest BCUT2D eigenvalue weighted by Gasteiger charge is -2.29. The van der Waals surface area contributed by atoms with E-state index in [9.17, 15) is 14.0 Å². The van der Waals surface area contributed by atoms with Crippen LogP contribution in [0.15, 0.2) is 42.5 Å². The molecule has 0 heterocycles. The molecule has 2 rings (SSSR count). The lowest BCUT2D eigenvalue weighted by molar-refractivity contribution is -0.140. The van der Waals surface area contributed by atoms with Gasteiger partial charge in [0.05, 0.1) is 27.2 Å². The molecule has 2 amide bonds. The fourth-order valence-corrected chi connectivity index (χ4v) is 2.96. The highest BCUT2D eigenvalue weighted by atomic mass is 19.1. The third-order valence-corrected chi connectivity index (χ3v) is 4.65. The summed E-state index contributed by atoms with van der Waals surface area (Å²) in [5.74, 6) is 0.0101. The quantitative estimate of drug-likeness (QED) is 0.616. The van der Waals surface area contributed by atoms with Gasteiger partial charge < -0.3 is 24.8 Å². The van der Waals surface area contributed by atoms with Crippen molar-refractivity contribution in [2.75, 3.05) is 27.4 Å².